The maximum atomic E-state index is 12.1. The summed E-state index contributed by atoms with van der Waals surface area (Å²) in [5.41, 5.74) is 0.153. The highest BCUT2D eigenvalue weighted by molar-refractivity contribution is 7.20. The number of halogens is 2. The zero-order valence-corrected chi connectivity index (χ0v) is 15.4. The van der Waals surface area contributed by atoms with Crippen LogP contribution >= 0.6 is 34.5 Å². The van der Waals surface area contributed by atoms with Gasteiger partial charge in [0, 0.05) is 13.1 Å². The maximum absolute atomic E-state index is 12.1. The lowest BCUT2D eigenvalue weighted by atomic mass is 9.97. The molecule has 0 bridgehead atoms. The lowest BCUT2D eigenvalue weighted by molar-refractivity contribution is -0.151. The van der Waals surface area contributed by atoms with Crippen LogP contribution in [0.1, 0.15) is 30.1 Å². The van der Waals surface area contributed by atoms with Gasteiger partial charge in [0.15, 0.2) is 6.61 Å². The van der Waals surface area contributed by atoms with E-state index in [-0.39, 0.29) is 34.3 Å². The highest BCUT2D eigenvalue weighted by Gasteiger charge is 2.28. The predicted molar refractivity (Wildman–Crippen MR) is 90.6 cm³/mol. The summed E-state index contributed by atoms with van der Waals surface area (Å²) in [6, 6.07) is 1.41. The number of piperidine rings is 1. The Kier molecular flexibility index (Phi) is 6.89. The first-order valence-electron chi connectivity index (χ1n) is 7.48. The van der Waals surface area contributed by atoms with Crippen LogP contribution in [0.15, 0.2) is 6.07 Å². The molecule has 0 atom stereocenters. The van der Waals surface area contributed by atoms with Crippen molar-refractivity contribution in [2.45, 2.75) is 19.8 Å². The molecule has 24 heavy (non-hydrogen) atoms. The fourth-order valence-corrected chi connectivity index (χ4v) is 3.84. The summed E-state index contributed by atoms with van der Waals surface area (Å²) in [4.78, 5) is 37.2. The molecule has 0 saturated carbocycles. The Bertz CT molecular complexity index is 625. The summed E-state index contributed by atoms with van der Waals surface area (Å²) in [6.07, 6.45) is 1.09. The third-order valence-electron chi connectivity index (χ3n) is 3.67. The first-order valence-corrected chi connectivity index (χ1v) is 9.06. The molecular formula is C15H17Cl2NO5S. The topological polar surface area (TPSA) is 72.9 Å². The predicted octanol–water partition coefficient (Wildman–Crippen LogP) is 3.01. The Labute approximate surface area is 153 Å². The SMILES string of the molecule is CCOC(=O)C1CCN(C(=O)COC(=O)c2cc(Cl)sc2Cl)CC1. The number of amides is 1. The lowest BCUT2D eigenvalue weighted by Gasteiger charge is -2.30. The molecule has 6 nitrogen and oxygen atoms in total. The normalized spacial score (nSPS) is 15.2. The van der Waals surface area contributed by atoms with Gasteiger partial charge >= 0.3 is 11.9 Å². The number of hydrogen-bond donors (Lipinski definition) is 0. The van der Waals surface area contributed by atoms with Crippen molar-refractivity contribution in [1.29, 1.82) is 0 Å². The molecule has 0 radical (unpaired) electrons. The summed E-state index contributed by atoms with van der Waals surface area (Å²) in [5, 5.41) is 0. The molecule has 0 unspecified atom stereocenters. The molecular weight excluding hydrogens is 377 g/mol. The average molecular weight is 394 g/mol. The van der Waals surface area contributed by atoms with Gasteiger partial charge in [0.25, 0.3) is 5.91 Å². The van der Waals surface area contributed by atoms with E-state index in [0.717, 1.165) is 11.3 Å². The molecule has 1 saturated heterocycles. The van der Waals surface area contributed by atoms with E-state index < -0.39 is 5.97 Å². The first-order chi connectivity index (χ1) is 11.4. The summed E-state index contributed by atoms with van der Waals surface area (Å²) in [6.45, 7) is 2.61. The molecule has 2 rings (SSSR count). The Morgan fingerprint density at radius 1 is 1.25 bits per heavy atom. The second-order valence-corrected chi connectivity index (χ2v) is 7.51. The number of carbonyl (C=O) groups is 3. The Morgan fingerprint density at radius 2 is 1.92 bits per heavy atom. The molecule has 0 N–H and O–H groups in total. The Balaban J connectivity index is 1.79. The average Bonchev–Trinajstić information content (AvgIpc) is 2.91. The van der Waals surface area contributed by atoms with Crippen LogP contribution in [0.25, 0.3) is 0 Å². The number of esters is 2. The summed E-state index contributed by atoms with van der Waals surface area (Å²) in [5.74, 6) is -1.38. The molecule has 9 heteroatoms. The van der Waals surface area contributed by atoms with Gasteiger partial charge in [-0.25, -0.2) is 4.79 Å². The second kappa shape index (κ2) is 8.69. The molecule has 0 aromatic carbocycles. The number of nitrogens with zero attached hydrogens (tertiary/aromatic N) is 1. The molecule has 2 heterocycles. The lowest BCUT2D eigenvalue weighted by Crippen LogP contribution is -2.42. The van der Waals surface area contributed by atoms with E-state index in [4.69, 9.17) is 32.7 Å². The summed E-state index contributed by atoms with van der Waals surface area (Å²) < 4.78 is 10.6. The van der Waals surface area contributed by atoms with Gasteiger partial charge < -0.3 is 14.4 Å². The Morgan fingerprint density at radius 3 is 2.46 bits per heavy atom. The third-order valence-corrected chi connectivity index (χ3v) is 5.16. The van der Waals surface area contributed by atoms with Crippen LogP contribution in [0.2, 0.25) is 8.67 Å². The van der Waals surface area contributed by atoms with Gasteiger partial charge in [0.05, 0.1) is 22.4 Å². The van der Waals surface area contributed by atoms with E-state index in [1.807, 2.05) is 0 Å². The van der Waals surface area contributed by atoms with Gasteiger partial charge in [-0.3, -0.25) is 9.59 Å². The first kappa shape index (κ1) is 19.0. The summed E-state index contributed by atoms with van der Waals surface area (Å²) >= 11 is 12.7. The highest BCUT2D eigenvalue weighted by atomic mass is 35.5. The van der Waals surface area contributed by atoms with Gasteiger partial charge in [-0.1, -0.05) is 23.2 Å². The van der Waals surface area contributed by atoms with Gasteiger partial charge in [-0.2, -0.15) is 0 Å². The minimum Gasteiger partial charge on any atom is -0.466 e. The maximum Gasteiger partial charge on any atom is 0.341 e. The highest BCUT2D eigenvalue weighted by Crippen LogP contribution is 2.31. The van der Waals surface area contributed by atoms with Crippen LogP contribution < -0.4 is 0 Å². The minimum atomic E-state index is -0.682. The zero-order valence-electron chi connectivity index (χ0n) is 13.0. The molecule has 132 valence electrons. The number of rotatable bonds is 5. The molecule has 1 fully saturated rings. The molecule has 1 aromatic rings. The van der Waals surface area contributed by atoms with Crippen molar-refractivity contribution < 1.29 is 23.9 Å². The zero-order chi connectivity index (χ0) is 17.7. The quantitative estimate of drug-likeness (QED) is 0.718. The van der Waals surface area contributed by atoms with E-state index in [2.05, 4.69) is 0 Å². The fourth-order valence-electron chi connectivity index (χ4n) is 2.40. The van der Waals surface area contributed by atoms with Gasteiger partial charge in [0.1, 0.15) is 4.34 Å². The van der Waals surface area contributed by atoms with Crippen LogP contribution in [0, 0.1) is 5.92 Å². The number of thiophene rings is 1. The Hall–Kier alpha value is -1.31. The van der Waals surface area contributed by atoms with Crippen molar-refractivity contribution in [2.75, 3.05) is 26.3 Å². The second-order valence-electron chi connectivity index (χ2n) is 5.22. The van der Waals surface area contributed by atoms with E-state index >= 15 is 0 Å². The van der Waals surface area contributed by atoms with Crippen LogP contribution in [-0.2, 0) is 19.1 Å². The van der Waals surface area contributed by atoms with Crippen molar-refractivity contribution in [2.24, 2.45) is 5.92 Å². The molecule has 1 amide bonds. The van der Waals surface area contributed by atoms with Crippen molar-refractivity contribution in [3.8, 4) is 0 Å². The monoisotopic (exact) mass is 393 g/mol. The van der Waals surface area contributed by atoms with Crippen LogP contribution in [0.3, 0.4) is 0 Å². The van der Waals surface area contributed by atoms with Crippen molar-refractivity contribution in [3.63, 3.8) is 0 Å². The van der Waals surface area contributed by atoms with Gasteiger partial charge in [-0.05, 0) is 25.8 Å². The largest absolute Gasteiger partial charge is 0.466 e. The standard InChI is InChI=1S/C15H17Cl2NO5S/c1-2-22-14(20)9-3-5-18(6-4-9)12(19)8-23-15(21)10-7-11(16)24-13(10)17/h7,9H,2-6,8H2,1H3. The van der Waals surface area contributed by atoms with Crippen LogP contribution in [0.5, 0.6) is 0 Å². The van der Waals surface area contributed by atoms with Crippen molar-refractivity contribution in [1.82, 2.24) is 4.90 Å². The van der Waals surface area contributed by atoms with E-state index in [1.54, 1.807) is 11.8 Å². The number of ether oxygens (including phenoxy) is 2. The van der Waals surface area contributed by atoms with E-state index in [9.17, 15) is 14.4 Å². The van der Waals surface area contributed by atoms with Gasteiger partial charge in [0.2, 0.25) is 0 Å². The summed E-state index contributed by atoms with van der Waals surface area (Å²) in [7, 11) is 0. The van der Waals surface area contributed by atoms with Crippen LogP contribution in [0.4, 0.5) is 0 Å². The molecule has 1 aliphatic heterocycles. The fraction of sp³-hybridized carbons (Fsp3) is 0.533. The van der Waals surface area contributed by atoms with Crippen molar-refractivity contribution >= 4 is 52.4 Å². The smallest absolute Gasteiger partial charge is 0.341 e. The minimum absolute atomic E-state index is 0.153. The van der Waals surface area contributed by atoms with Crippen LogP contribution in [-0.4, -0.2) is 49.0 Å². The molecule has 1 aromatic heterocycles. The molecule has 1 aliphatic rings. The molecule has 0 spiro atoms. The van der Waals surface area contributed by atoms with Gasteiger partial charge in [-0.15, -0.1) is 11.3 Å². The third kappa shape index (κ3) is 4.84. The number of likely N-dealkylation sites (tertiary alicyclic amines) is 1. The van der Waals surface area contributed by atoms with Crippen molar-refractivity contribution in [3.05, 3.63) is 20.3 Å². The number of hydrogen-bond acceptors (Lipinski definition) is 6. The van der Waals surface area contributed by atoms with E-state index in [0.29, 0.717) is 36.9 Å². The van der Waals surface area contributed by atoms with E-state index in [1.165, 1.54) is 6.07 Å². The molecule has 0 aliphatic carbocycles. The number of carbonyl (C=O) groups excluding carboxylic acids is 3.